The third kappa shape index (κ3) is 7.99. The standard InChI is InChI=1S/C18H36N4O2/c1-5-20-17(22-14-18(2,3)16(23)19-4)21-12-9-13-24-15-10-7-6-8-11-15/h15H,5-14H2,1-4H3,(H,19,23)(H2,20,21,22). The van der Waals surface area contributed by atoms with Crippen LogP contribution in [-0.4, -0.2) is 51.3 Å². The molecule has 0 aromatic rings. The van der Waals surface area contributed by atoms with Crippen molar-refractivity contribution < 1.29 is 9.53 Å². The molecule has 1 rings (SSSR count). The molecular formula is C18H36N4O2. The Bertz CT molecular complexity index is 390. The van der Waals surface area contributed by atoms with E-state index < -0.39 is 5.41 Å². The van der Waals surface area contributed by atoms with E-state index in [1.165, 1.54) is 32.1 Å². The van der Waals surface area contributed by atoms with Crippen molar-refractivity contribution in [2.45, 2.75) is 65.4 Å². The molecule has 3 N–H and O–H groups in total. The van der Waals surface area contributed by atoms with Crippen molar-refractivity contribution in [2.75, 3.05) is 33.3 Å². The summed E-state index contributed by atoms with van der Waals surface area (Å²) >= 11 is 0. The molecule has 0 aliphatic heterocycles. The van der Waals surface area contributed by atoms with Gasteiger partial charge >= 0.3 is 0 Å². The highest BCUT2D eigenvalue weighted by Gasteiger charge is 2.26. The van der Waals surface area contributed by atoms with E-state index in [2.05, 4.69) is 20.9 Å². The van der Waals surface area contributed by atoms with E-state index in [0.717, 1.165) is 32.1 Å². The van der Waals surface area contributed by atoms with E-state index >= 15 is 0 Å². The fourth-order valence-electron chi connectivity index (χ4n) is 2.79. The molecule has 6 heteroatoms. The number of nitrogens with zero attached hydrogens (tertiary/aromatic N) is 1. The fourth-order valence-corrected chi connectivity index (χ4v) is 2.79. The Labute approximate surface area is 147 Å². The van der Waals surface area contributed by atoms with Crippen LogP contribution in [0.5, 0.6) is 0 Å². The number of hydrogen-bond donors (Lipinski definition) is 3. The topological polar surface area (TPSA) is 74.8 Å². The average Bonchev–Trinajstić information content (AvgIpc) is 2.59. The van der Waals surface area contributed by atoms with Crippen LogP contribution in [0.4, 0.5) is 0 Å². The summed E-state index contributed by atoms with van der Waals surface area (Å²) in [6, 6.07) is 0. The van der Waals surface area contributed by atoms with Crippen molar-refractivity contribution in [3.63, 3.8) is 0 Å². The van der Waals surface area contributed by atoms with Crippen LogP contribution < -0.4 is 16.0 Å². The van der Waals surface area contributed by atoms with E-state index in [4.69, 9.17) is 4.74 Å². The predicted molar refractivity (Wildman–Crippen MR) is 99.3 cm³/mol. The van der Waals surface area contributed by atoms with Gasteiger partial charge in [-0.1, -0.05) is 19.3 Å². The van der Waals surface area contributed by atoms with Gasteiger partial charge in [0, 0.05) is 26.7 Å². The van der Waals surface area contributed by atoms with Crippen LogP contribution in [0.25, 0.3) is 0 Å². The van der Waals surface area contributed by atoms with E-state index in [-0.39, 0.29) is 5.91 Å². The minimum absolute atomic E-state index is 0.00276. The summed E-state index contributed by atoms with van der Waals surface area (Å²) in [5.74, 6) is 0.759. The van der Waals surface area contributed by atoms with Gasteiger partial charge in [0.15, 0.2) is 5.96 Å². The van der Waals surface area contributed by atoms with Gasteiger partial charge in [0.25, 0.3) is 0 Å². The number of nitrogens with one attached hydrogen (secondary N) is 3. The van der Waals surface area contributed by atoms with E-state index in [0.29, 0.717) is 12.6 Å². The number of amides is 1. The van der Waals surface area contributed by atoms with Gasteiger partial charge in [-0.3, -0.25) is 9.79 Å². The predicted octanol–water partition coefficient (Wildman–Crippen LogP) is 2.05. The first-order valence-corrected chi connectivity index (χ1v) is 9.35. The molecule has 1 saturated carbocycles. The first kappa shape index (κ1) is 20.7. The van der Waals surface area contributed by atoms with Crippen molar-refractivity contribution >= 4 is 11.9 Å². The minimum atomic E-state index is -0.513. The molecule has 140 valence electrons. The number of guanidine groups is 1. The number of hydrogen-bond acceptors (Lipinski definition) is 3. The molecule has 0 aromatic carbocycles. The summed E-state index contributed by atoms with van der Waals surface area (Å²) in [7, 11) is 1.66. The highest BCUT2D eigenvalue weighted by molar-refractivity contribution is 5.83. The highest BCUT2D eigenvalue weighted by Crippen LogP contribution is 2.20. The fraction of sp³-hybridized carbons (Fsp3) is 0.889. The lowest BCUT2D eigenvalue weighted by Crippen LogP contribution is -2.41. The van der Waals surface area contributed by atoms with Crippen LogP contribution in [0, 0.1) is 5.41 Å². The number of carbonyl (C=O) groups excluding carboxylic acids is 1. The molecule has 1 aliphatic carbocycles. The smallest absolute Gasteiger partial charge is 0.227 e. The van der Waals surface area contributed by atoms with Crippen LogP contribution in [0.15, 0.2) is 4.99 Å². The second-order valence-electron chi connectivity index (χ2n) is 7.07. The molecule has 1 aliphatic rings. The molecule has 0 heterocycles. The Morgan fingerprint density at radius 3 is 2.54 bits per heavy atom. The molecule has 1 fully saturated rings. The molecule has 6 nitrogen and oxygen atoms in total. The van der Waals surface area contributed by atoms with Gasteiger partial charge in [-0.2, -0.15) is 0 Å². The number of carbonyl (C=O) groups is 1. The largest absolute Gasteiger partial charge is 0.378 e. The summed E-state index contributed by atoms with van der Waals surface area (Å²) in [6.45, 7) is 8.69. The monoisotopic (exact) mass is 340 g/mol. The zero-order valence-electron chi connectivity index (χ0n) is 15.9. The molecule has 1 amide bonds. The van der Waals surface area contributed by atoms with Crippen LogP contribution in [-0.2, 0) is 9.53 Å². The average molecular weight is 341 g/mol. The summed E-state index contributed by atoms with van der Waals surface area (Å²) in [5, 5.41) is 9.22. The Morgan fingerprint density at radius 2 is 1.92 bits per heavy atom. The number of ether oxygens (including phenoxy) is 1. The maximum atomic E-state index is 11.8. The van der Waals surface area contributed by atoms with Gasteiger partial charge in [0.2, 0.25) is 5.91 Å². The molecule has 0 spiro atoms. The highest BCUT2D eigenvalue weighted by atomic mass is 16.5. The Kier molecular flexibility index (Phi) is 9.76. The summed E-state index contributed by atoms with van der Waals surface area (Å²) in [6.07, 6.45) is 7.82. The van der Waals surface area contributed by atoms with Crippen LogP contribution in [0.3, 0.4) is 0 Å². The second-order valence-corrected chi connectivity index (χ2v) is 7.07. The SMILES string of the molecule is CCNC(=NCC(C)(C)C(=O)NC)NCCCOC1CCCCC1. The molecule has 0 bridgehead atoms. The molecule has 24 heavy (non-hydrogen) atoms. The normalized spacial score (nSPS) is 16.8. The van der Waals surface area contributed by atoms with Gasteiger partial charge in [-0.05, 0) is 40.0 Å². The number of rotatable bonds is 9. The molecule has 0 saturated heterocycles. The van der Waals surface area contributed by atoms with Gasteiger partial charge in [0.1, 0.15) is 0 Å². The maximum absolute atomic E-state index is 11.8. The first-order valence-electron chi connectivity index (χ1n) is 9.35. The van der Waals surface area contributed by atoms with E-state index in [9.17, 15) is 4.79 Å². The van der Waals surface area contributed by atoms with Crippen molar-refractivity contribution in [3.8, 4) is 0 Å². The third-order valence-corrected chi connectivity index (χ3v) is 4.34. The van der Waals surface area contributed by atoms with Crippen molar-refractivity contribution in [3.05, 3.63) is 0 Å². The molecule has 0 atom stereocenters. The lowest BCUT2D eigenvalue weighted by atomic mass is 9.93. The van der Waals surface area contributed by atoms with Gasteiger partial charge < -0.3 is 20.7 Å². The summed E-state index contributed by atoms with van der Waals surface area (Å²) in [5.41, 5.74) is -0.513. The molecule has 0 aromatic heterocycles. The quantitative estimate of drug-likeness (QED) is 0.341. The minimum Gasteiger partial charge on any atom is -0.378 e. The maximum Gasteiger partial charge on any atom is 0.227 e. The Hall–Kier alpha value is -1.30. The van der Waals surface area contributed by atoms with Crippen molar-refractivity contribution in [1.82, 2.24) is 16.0 Å². The zero-order valence-corrected chi connectivity index (χ0v) is 15.9. The first-order chi connectivity index (χ1) is 11.5. The lowest BCUT2D eigenvalue weighted by Gasteiger charge is -2.22. The van der Waals surface area contributed by atoms with Crippen molar-refractivity contribution in [2.24, 2.45) is 10.4 Å². The summed E-state index contributed by atoms with van der Waals surface area (Å²) in [4.78, 5) is 16.4. The van der Waals surface area contributed by atoms with Crippen LogP contribution in [0.2, 0.25) is 0 Å². The van der Waals surface area contributed by atoms with Gasteiger partial charge in [-0.25, -0.2) is 0 Å². The molecule has 0 radical (unpaired) electrons. The molecular weight excluding hydrogens is 304 g/mol. The van der Waals surface area contributed by atoms with Gasteiger partial charge in [-0.15, -0.1) is 0 Å². The van der Waals surface area contributed by atoms with E-state index in [1.807, 2.05) is 20.8 Å². The zero-order chi connectivity index (χ0) is 17.8. The molecule has 0 unspecified atom stereocenters. The van der Waals surface area contributed by atoms with Crippen LogP contribution >= 0.6 is 0 Å². The third-order valence-electron chi connectivity index (χ3n) is 4.34. The lowest BCUT2D eigenvalue weighted by molar-refractivity contribution is -0.128. The van der Waals surface area contributed by atoms with Gasteiger partial charge in [0.05, 0.1) is 18.1 Å². The Balaban J connectivity index is 2.29. The van der Waals surface area contributed by atoms with E-state index in [1.54, 1.807) is 7.05 Å². The number of aliphatic imine (C=N–C) groups is 1. The summed E-state index contributed by atoms with van der Waals surface area (Å²) < 4.78 is 5.93. The Morgan fingerprint density at radius 1 is 1.21 bits per heavy atom. The second kappa shape index (κ2) is 11.3. The van der Waals surface area contributed by atoms with Crippen molar-refractivity contribution in [1.29, 1.82) is 0 Å². The van der Waals surface area contributed by atoms with Crippen LogP contribution in [0.1, 0.15) is 59.3 Å².